The first kappa shape index (κ1) is 16.8. The van der Waals surface area contributed by atoms with Crippen molar-refractivity contribution in [1.29, 1.82) is 5.26 Å². The van der Waals surface area contributed by atoms with Gasteiger partial charge in [-0.2, -0.15) is 10.4 Å². The van der Waals surface area contributed by atoms with Crippen molar-refractivity contribution in [1.82, 2.24) is 19.7 Å². The van der Waals surface area contributed by atoms with Gasteiger partial charge in [0.25, 0.3) is 0 Å². The summed E-state index contributed by atoms with van der Waals surface area (Å²) in [5.74, 6) is 0.465. The summed E-state index contributed by atoms with van der Waals surface area (Å²) in [5.41, 5.74) is 5.15. The molecule has 0 aromatic carbocycles. The summed E-state index contributed by atoms with van der Waals surface area (Å²) in [5, 5.41) is 14.0. The van der Waals surface area contributed by atoms with Gasteiger partial charge in [0.1, 0.15) is 23.1 Å². The number of nitriles is 1. The predicted molar refractivity (Wildman–Crippen MR) is 88.2 cm³/mol. The Morgan fingerprint density at radius 2 is 1.65 bits per heavy atom. The van der Waals surface area contributed by atoms with E-state index < -0.39 is 0 Å². The molecular weight excluding hydrogens is 289 g/mol. The van der Waals surface area contributed by atoms with Gasteiger partial charge >= 0.3 is 8.05 Å². The van der Waals surface area contributed by atoms with Gasteiger partial charge in [0, 0.05) is 29.7 Å². The highest BCUT2D eigenvalue weighted by molar-refractivity contribution is 6.06. The Kier molecular flexibility index (Phi) is 4.55. The van der Waals surface area contributed by atoms with Crippen molar-refractivity contribution in [3.8, 4) is 6.07 Å². The van der Waals surface area contributed by atoms with Gasteiger partial charge in [0.05, 0.1) is 0 Å². The van der Waals surface area contributed by atoms with Crippen LogP contribution < -0.4 is 0 Å². The van der Waals surface area contributed by atoms with Crippen molar-refractivity contribution in [3.05, 3.63) is 39.7 Å². The van der Waals surface area contributed by atoms with Gasteiger partial charge in [-0.1, -0.05) is 0 Å². The first-order valence-corrected chi connectivity index (χ1v) is 7.15. The molecule has 0 saturated carbocycles. The summed E-state index contributed by atoms with van der Waals surface area (Å²) in [7, 11) is 7.26. The van der Waals surface area contributed by atoms with Crippen LogP contribution in [0.4, 0.5) is 0 Å². The molecule has 0 spiro atoms. The van der Waals surface area contributed by atoms with Crippen LogP contribution in [0.2, 0.25) is 0 Å². The topological polar surface area (TPSA) is 76.6 Å². The van der Waals surface area contributed by atoms with Gasteiger partial charge < -0.3 is 4.65 Å². The van der Waals surface area contributed by atoms with Crippen LogP contribution in [0.25, 0.3) is 11.3 Å². The fourth-order valence-corrected chi connectivity index (χ4v) is 2.25. The third kappa shape index (κ3) is 2.84. The number of rotatable bonds is 3. The van der Waals surface area contributed by atoms with E-state index in [0.29, 0.717) is 5.69 Å². The number of hydrogen-bond acceptors (Lipinski definition) is 5. The molecule has 23 heavy (non-hydrogen) atoms. The van der Waals surface area contributed by atoms with E-state index in [0.717, 1.165) is 28.2 Å². The standard InChI is InChI=1S/C16H18BN5O/c1-8-10(3)19-16(20-11(8)4)13(7-18)15(23-17)14-9(2)12(5)22(6)21-14/h1-6H3. The van der Waals surface area contributed by atoms with Crippen LogP contribution in [0.3, 0.4) is 0 Å². The molecule has 0 atom stereocenters. The lowest BCUT2D eigenvalue weighted by Crippen LogP contribution is -2.05. The van der Waals surface area contributed by atoms with Crippen LogP contribution >= 0.6 is 0 Å². The summed E-state index contributed by atoms with van der Waals surface area (Å²) in [4.78, 5) is 8.79. The van der Waals surface area contributed by atoms with E-state index in [-0.39, 0.29) is 17.2 Å². The second kappa shape index (κ2) is 6.25. The quantitative estimate of drug-likeness (QED) is 0.494. The van der Waals surface area contributed by atoms with Gasteiger partial charge in [0.15, 0.2) is 5.82 Å². The van der Waals surface area contributed by atoms with Gasteiger partial charge in [-0.15, -0.1) is 0 Å². The maximum Gasteiger partial charge on any atom is 0.374 e. The second-order valence-electron chi connectivity index (χ2n) is 5.46. The normalized spacial score (nSPS) is 11.9. The SMILES string of the molecule is [B]OC(=C(C#N)c1nc(C)c(C)c(C)n1)c1nn(C)c(C)c1C. The van der Waals surface area contributed by atoms with E-state index in [4.69, 9.17) is 12.7 Å². The summed E-state index contributed by atoms with van der Waals surface area (Å²) >= 11 is 0. The molecule has 0 aliphatic heterocycles. The molecule has 0 saturated heterocycles. The summed E-state index contributed by atoms with van der Waals surface area (Å²) in [6.45, 7) is 9.53. The highest BCUT2D eigenvalue weighted by atomic mass is 16.4. The Hall–Kier alpha value is -2.62. The van der Waals surface area contributed by atoms with Gasteiger partial charge in [0.2, 0.25) is 0 Å². The average Bonchev–Trinajstić information content (AvgIpc) is 2.77. The molecule has 116 valence electrons. The van der Waals surface area contributed by atoms with Crippen molar-refractivity contribution in [2.24, 2.45) is 7.05 Å². The Morgan fingerprint density at radius 1 is 1.09 bits per heavy atom. The largest absolute Gasteiger partial charge is 0.565 e. The number of hydrogen-bond donors (Lipinski definition) is 0. The maximum absolute atomic E-state index is 9.60. The van der Waals surface area contributed by atoms with Crippen LogP contribution in [0.1, 0.15) is 39.7 Å². The van der Waals surface area contributed by atoms with Gasteiger partial charge in [-0.3, -0.25) is 4.68 Å². The van der Waals surface area contributed by atoms with Crippen LogP contribution in [-0.4, -0.2) is 27.8 Å². The first-order chi connectivity index (χ1) is 10.8. The molecule has 0 unspecified atom stereocenters. The molecule has 7 heteroatoms. The first-order valence-electron chi connectivity index (χ1n) is 7.15. The van der Waals surface area contributed by atoms with E-state index in [1.807, 2.05) is 41.7 Å². The summed E-state index contributed by atoms with van der Waals surface area (Å²) in [6.07, 6.45) is 0. The molecule has 6 nitrogen and oxygen atoms in total. The molecular formula is C16H18BN5O. The Bertz CT molecular complexity index is 822. The van der Waals surface area contributed by atoms with Crippen molar-refractivity contribution in [2.45, 2.75) is 34.6 Å². The molecule has 2 aromatic rings. The van der Waals surface area contributed by atoms with Crippen LogP contribution in [0, 0.1) is 45.9 Å². The minimum atomic E-state index is 0.167. The average molecular weight is 307 g/mol. The lowest BCUT2D eigenvalue weighted by atomic mass is 10.1. The number of nitrogens with zero attached hydrogens (tertiary/aromatic N) is 5. The summed E-state index contributed by atoms with van der Waals surface area (Å²) < 4.78 is 6.72. The maximum atomic E-state index is 9.60. The molecule has 0 bridgehead atoms. The molecule has 2 aromatic heterocycles. The lowest BCUT2D eigenvalue weighted by Gasteiger charge is -2.10. The minimum absolute atomic E-state index is 0.167. The number of allylic oxidation sites excluding steroid dienone is 1. The van der Waals surface area contributed by atoms with Crippen molar-refractivity contribution in [2.75, 3.05) is 0 Å². The molecule has 0 fully saturated rings. The van der Waals surface area contributed by atoms with Crippen molar-refractivity contribution < 1.29 is 4.65 Å². The molecule has 0 aliphatic rings. The second-order valence-corrected chi connectivity index (χ2v) is 5.46. The predicted octanol–water partition coefficient (Wildman–Crippen LogP) is 2.24. The molecule has 0 amide bonds. The minimum Gasteiger partial charge on any atom is -0.565 e. The zero-order chi connectivity index (χ0) is 17.3. The van der Waals surface area contributed by atoms with Gasteiger partial charge in [-0.25, -0.2) is 9.97 Å². The highest BCUT2D eigenvalue weighted by Gasteiger charge is 2.21. The smallest absolute Gasteiger partial charge is 0.374 e. The monoisotopic (exact) mass is 307 g/mol. The van der Waals surface area contributed by atoms with E-state index in [1.165, 1.54) is 0 Å². The highest BCUT2D eigenvalue weighted by Crippen LogP contribution is 2.28. The zero-order valence-corrected chi connectivity index (χ0v) is 14.2. The fourth-order valence-electron chi connectivity index (χ4n) is 2.25. The molecule has 2 radical (unpaired) electrons. The molecule has 2 rings (SSSR count). The lowest BCUT2D eigenvalue weighted by molar-refractivity contribution is 0.566. The third-order valence-corrected chi connectivity index (χ3v) is 4.16. The number of aryl methyl sites for hydroxylation is 3. The van der Waals surface area contributed by atoms with Gasteiger partial charge in [-0.05, 0) is 40.2 Å². The Morgan fingerprint density at radius 3 is 2.04 bits per heavy atom. The molecule has 0 aliphatic carbocycles. The van der Waals surface area contributed by atoms with Crippen LogP contribution in [0.15, 0.2) is 0 Å². The van der Waals surface area contributed by atoms with Crippen molar-refractivity contribution in [3.63, 3.8) is 0 Å². The van der Waals surface area contributed by atoms with Crippen LogP contribution in [0.5, 0.6) is 0 Å². The molecule has 2 heterocycles. The Balaban J connectivity index is 2.75. The van der Waals surface area contributed by atoms with Crippen molar-refractivity contribution >= 4 is 19.4 Å². The van der Waals surface area contributed by atoms with E-state index in [1.54, 1.807) is 4.68 Å². The van der Waals surface area contributed by atoms with Crippen LogP contribution in [-0.2, 0) is 11.7 Å². The Labute approximate surface area is 137 Å². The van der Waals surface area contributed by atoms with E-state index >= 15 is 0 Å². The van der Waals surface area contributed by atoms with E-state index in [2.05, 4.69) is 21.1 Å². The molecule has 0 N–H and O–H groups in total. The number of aromatic nitrogens is 4. The van der Waals surface area contributed by atoms with E-state index in [9.17, 15) is 5.26 Å². The fraction of sp³-hybridized carbons (Fsp3) is 0.375. The zero-order valence-electron chi connectivity index (χ0n) is 14.2. The third-order valence-electron chi connectivity index (χ3n) is 4.16. The summed E-state index contributed by atoms with van der Waals surface area (Å²) in [6, 6.07) is 2.10.